The molecule has 1 heterocycles. The number of benzene rings is 1. The molecule has 0 aliphatic carbocycles. The number of anilines is 2. The Morgan fingerprint density at radius 2 is 2.05 bits per heavy atom. The molecule has 0 saturated carbocycles. The molecule has 0 fully saturated rings. The lowest BCUT2D eigenvalue weighted by molar-refractivity contribution is 0.114. The first-order valence-electron chi connectivity index (χ1n) is 7.32. The van der Waals surface area contributed by atoms with Crippen LogP contribution in [0.1, 0.15) is 26.7 Å². The molecular weight excluding hydrogens is 330 g/mol. The van der Waals surface area contributed by atoms with Crippen molar-refractivity contribution in [3.05, 3.63) is 28.9 Å². The molecular formula is C16H22BrN3O. The molecule has 21 heavy (non-hydrogen) atoms. The fraction of sp³-hybridized carbons (Fsp3) is 0.438. The zero-order chi connectivity index (χ0) is 15.4. The Hall–Kier alpha value is -1.33. The molecule has 1 aromatic heterocycles. The van der Waals surface area contributed by atoms with Crippen LogP contribution >= 0.6 is 15.9 Å². The fourth-order valence-corrected chi connectivity index (χ4v) is 2.94. The van der Waals surface area contributed by atoms with E-state index in [1.54, 1.807) is 6.20 Å². The van der Waals surface area contributed by atoms with Crippen molar-refractivity contribution in [2.75, 3.05) is 17.6 Å². The zero-order valence-electron chi connectivity index (χ0n) is 12.4. The van der Waals surface area contributed by atoms with Crippen LogP contribution in [0, 0.1) is 5.92 Å². The van der Waals surface area contributed by atoms with Crippen LogP contribution in [0.4, 0.5) is 11.4 Å². The lowest BCUT2D eigenvalue weighted by Crippen LogP contribution is -2.28. The molecule has 1 aromatic carbocycles. The van der Waals surface area contributed by atoms with Gasteiger partial charge in [0.25, 0.3) is 0 Å². The van der Waals surface area contributed by atoms with Gasteiger partial charge in [-0.25, -0.2) is 0 Å². The van der Waals surface area contributed by atoms with Crippen LogP contribution in [0.3, 0.4) is 0 Å². The van der Waals surface area contributed by atoms with E-state index in [1.165, 1.54) is 0 Å². The monoisotopic (exact) mass is 351 g/mol. The van der Waals surface area contributed by atoms with Crippen molar-refractivity contribution in [3.8, 4) is 0 Å². The summed E-state index contributed by atoms with van der Waals surface area (Å²) in [6, 6.07) is 5.89. The number of pyridine rings is 1. The molecule has 1 atom stereocenters. The van der Waals surface area contributed by atoms with Crippen molar-refractivity contribution in [3.63, 3.8) is 0 Å². The smallest absolute Gasteiger partial charge is 0.0743 e. The second-order valence-electron chi connectivity index (χ2n) is 5.27. The fourth-order valence-electron chi connectivity index (χ4n) is 2.58. The minimum absolute atomic E-state index is 0.304. The summed E-state index contributed by atoms with van der Waals surface area (Å²) in [6.07, 6.45) is 3.21. The average molecular weight is 352 g/mol. The standard InChI is InChI=1S/C16H22BrN3O/c1-3-10(4-2)15(21)9-20-16-12-7-11(17)5-6-14(12)19-8-13(16)18/h5-8,10,15,21H,3-4,9,18H2,1-2H3,(H,19,20). The number of fused-ring (bicyclic) bond motifs is 1. The number of aliphatic hydroxyl groups is 1. The van der Waals surface area contributed by atoms with Gasteiger partial charge < -0.3 is 16.2 Å². The Labute approximate surface area is 133 Å². The van der Waals surface area contributed by atoms with Gasteiger partial charge in [0.05, 0.1) is 29.2 Å². The molecule has 5 heteroatoms. The third-order valence-corrected chi connectivity index (χ3v) is 4.43. The van der Waals surface area contributed by atoms with Gasteiger partial charge in [-0.05, 0) is 24.1 Å². The van der Waals surface area contributed by atoms with Crippen LogP contribution in [0.25, 0.3) is 10.9 Å². The lowest BCUT2D eigenvalue weighted by atomic mass is 9.96. The van der Waals surface area contributed by atoms with E-state index in [4.69, 9.17) is 5.73 Å². The number of hydrogen-bond acceptors (Lipinski definition) is 4. The Morgan fingerprint density at radius 1 is 1.33 bits per heavy atom. The maximum absolute atomic E-state index is 10.3. The van der Waals surface area contributed by atoms with Gasteiger partial charge in [-0.3, -0.25) is 4.98 Å². The van der Waals surface area contributed by atoms with E-state index in [-0.39, 0.29) is 6.10 Å². The summed E-state index contributed by atoms with van der Waals surface area (Å²) >= 11 is 3.47. The quantitative estimate of drug-likeness (QED) is 0.740. The molecule has 0 aliphatic rings. The Balaban J connectivity index is 2.25. The summed E-state index contributed by atoms with van der Waals surface area (Å²) in [5.74, 6) is 0.304. The summed E-state index contributed by atoms with van der Waals surface area (Å²) in [6.45, 7) is 4.69. The van der Waals surface area contributed by atoms with E-state index in [2.05, 4.69) is 40.1 Å². The highest BCUT2D eigenvalue weighted by Gasteiger charge is 2.16. The Morgan fingerprint density at radius 3 is 2.71 bits per heavy atom. The molecule has 2 rings (SSSR count). The van der Waals surface area contributed by atoms with Crippen LogP contribution < -0.4 is 11.1 Å². The minimum atomic E-state index is -0.380. The topological polar surface area (TPSA) is 71.2 Å². The number of nitrogens with two attached hydrogens (primary N) is 1. The Kier molecular flexibility index (Phi) is 5.42. The van der Waals surface area contributed by atoms with Crippen LogP contribution in [0.15, 0.2) is 28.9 Å². The zero-order valence-corrected chi connectivity index (χ0v) is 14.0. The largest absolute Gasteiger partial charge is 0.396 e. The molecule has 0 spiro atoms. The number of nitrogens with one attached hydrogen (secondary N) is 1. The van der Waals surface area contributed by atoms with Gasteiger partial charge in [0.15, 0.2) is 0 Å². The lowest BCUT2D eigenvalue weighted by Gasteiger charge is -2.22. The summed E-state index contributed by atoms with van der Waals surface area (Å²) in [5.41, 5.74) is 8.36. The molecule has 0 saturated heterocycles. The van der Waals surface area contributed by atoms with Crippen molar-refractivity contribution in [1.82, 2.24) is 4.98 Å². The second-order valence-corrected chi connectivity index (χ2v) is 6.19. The summed E-state index contributed by atoms with van der Waals surface area (Å²) in [4.78, 5) is 4.33. The van der Waals surface area contributed by atoms with E-state index in [1.807, 2.05) is 18.2 Å². The van der Waals surface area contributed by atoms with Crippen molar-refractivity contribution < 1.29 is 5.11 Å². The third kappa shape index (κ3) is 3.66. The normalized spacial score (nSPS) is 12.8. The number of hydrogen-bond donors (Lipinski definition) is 3. The highest BCUT2D eigenvalue weighted by molar-refractivity contribution is 9.10. The first kappa shape index (κ1) is 16.0. The van der Waals surface area contributed by atoms with E-state index in [0.717, 1.165) is 33.9 Å². The van der Waals surface area contributed by atoms with E-state index < -0.39 is 0 Å². The molecule has 2 aromatic rings. The SMILES string of the molecule is CCC(CC)C(O)CNc1c(N)cnc2ccc(Br)cc12. The van der Waals surface area contributed by atoms with Gasteiger partial charge in [0, 0.05) is 16.4 Å². The maximum atomic E-state index is 10.3. The van der Waals surface area contributed by atoms with Gasteiger partial charge in [0.2, 0.25) is 0 Å². The first-order chi connectivity index (χ1) is 10.1. The maximum Gasteiger partial charge on any atom is 0.0743 e. The van der Waals surface area contributed by atoms with E-state index in [9.17, 15) is 5.11 Å². The van der Waals surface area contributed by atoms with Gasteiger partial charge in [-0.2, -0.15) is 0 Å². The summed E-state index contributed by atoms with van der Waals surface area (Å²) in [7, 11) is 0. The molecule has 4 nitrogen and oxygen atoms in total. The van der Waals surface area contributed by atoms with Crippen molar-refractivity contribution >= 4 is 38.2 Å². The Bertz CT molecular complexity index is 608. The number of aliphatic hydroxyl groups excluding tert-OH is 1. The van der Waals surface area contributed by atoms with Gasteiger partial charge in [-0.15, -0.1) is 0 Å². The van der Waals surface area contributed by atoms with Crippen molar-refractivity contribution in [2.45, 2.75) is 32.8 Å². The van der Waals surface area contributed by atoms with E-state index >= 15 is 0 Å². The number of nitrogen functional groups attached to an aromatic ring is 1. The number of halogens is 1. The van der Waals surface area contributed by atoms with Crippen LogP contribution in [-0.2, 0) is 0 Å². The third-order valence-electron chi connectivity index (χ3n) is 3.94. The van der Waals surface area contributed by atoms with Gasteiger partial charge >= 0.3 is 0 Å². The second kappa shape index (κ2) is 7.09. The van der Waals surface area contributed by atoms with Crippen LogP contribution in [0.5, 0.6) is 0 Å². The molecule has 0 bridgehead atoms. The molecule has 114 valence electrons. The summed E-state index contributed by atoms with van der Waals surface area (Å²) < 4.78 is 0.978. The van der Waals surface area contributed by atoms with E-state index in [0.29, 0.717) is 18.2 Å². The number of aromatic nitrogens is 1. The van der Waals surface area contributed by atoms with Gasteiger partial charge in [0.1, 0.15) is 0 Å². The average Bonchev–Trinajstić information content (AvgIpc) is 2.47. The highest BCUT2D eigenvalue weighted by atomic mass is 79.9. The van der Waals surface area contributed by atoms with Crippen LogP contribution in [0.2, 0.25) is 0 Å². The predicted molar refractivity (Wildman–Crippen MR) is 92.4 cm³/mol. The molecule has 0 aliphatic heterocycles. The minimum Gasteiger partial charge on any atom is -0.396 e. The number of nitrogens with zero attached hydrogens (tertiary/aromatic N) is 1. The molecule has 1 unspecified atom stereocenters. The van der Waals surface area contributed by atoms with Gasteiger partial charge in [-0.1, -0.05) is 42.6 Å². The molecule has 0 radical (unpaired) electrons. The van der Waals surface area contributed by atoms with Crippen LogP contribution in [-0.4, -0.2) is 22.7 Å². The highest BCUT2D eigenvalue weighted by Crippen LogP contribution is 2.30. The predicted octanol–water partition coefficient (Wildman–Crippen LogP) is 3.79. The number of rotatable bonds is 6. The van der Waals surface area contributed by atoms with Crippen molar-refractivity contribution in [2.24, 2.45) is 5.92 Å². The first-order valence-corrected chi connectivity index (χ1v) is 8.11. The summed E-state index contributed by atoms with van der Waals surface area (Å²) in [5, 5.41) is 14.5. The molecule has 0 amide bonds. The molecule has 4 N–H and O–H groups in total. The van der Waals surface area contributed by atoms with Crippen molar-refractivity contribution in [1.29, 1.82) is 0 Å².